The molecule has 1 aliphatic carbocycles. The molecule has 2 radical (unpaired) electrons. The fourth-order valence-electron chi connectivity index (χ4n) is 2.58. The molecule has 0 aromatic heterocycles. The maximum Gasteiger partial charge on any atom is 0.0755 e. The summed E-state index contributed by atoms with van der Waals surface area (Å²) in [7, 11) is 6.00. The molecular weight excluding hydrogens is 263 g/mol. The highest BCUT2D eigenvalue weighted by Crippen LogP contribution is 2.32. The zero-order valence-corrected chi connectivity index (χ0v) is 14.7. The first-order valence-corrected chi connectivity index (χ1v) is 8.36. The molecule has 0 aromatic carbocycles. The van der Waals surface area contributed by atoms with E-state index in [9.17, 15) is 0 Å². The Morgan fingerprint density at radius 3 is 2.73 bits per heavy atom. The van der Waals surface area contributed by atoms with Crippen LogP contribution in [0.5, 0.6) is 0 Å². The predicted octanol–water partition coefficient (Wildman–Crippen LogP) is 6.42. The molecule has 0 heterocycles. The van der Waals surface area contributed by atoms with Gasteiger partial charge in [0.1, 0.15) is 0 Å². The van der Waals surface area contributed by atoms with E-state index in [0.29, 0.717) is 0 Å². The SMILES string of the molecule is [B]C(C)/C(C)=C/C1=CCCC(C=C/C(C=C)=C/C)=C1CCC. The van der Waals surface area contributed by atoms with Gasteiger partial charge in [-0.1, -0.05) is 74.7 Å². The van der Waals surface area contributed by atoms with Crippen LogP contribution in [0.2, 0.25) is 5.82 Å². The van der Waals surface area contributed by atoms with Gasteiger partial charge >= 0.3 is 0 Å². The first-order chi connectivity index (χ1) is 10.5. The summed E-state index contributed by atoms with van der Waals surface area (Å²) in [5.41, 5.74) is 6.70. The summed E-state index contributed by atoms with van der Waals surface area (Å²) in [5, 5.41) is 0. The minimum Gasteiger partial charge on any atom is -0.0985 e. The first-order valence-electron chi connectivity index (χ1n) is 8.36. The highest BCUT2D eigenvalue weighted by Gasteiger charge is 2.13. The molecule has 0 spiro atoms. The van der Waals surface area contributed by atoms with Crippen molar-refractivity contribution in [2.45, 2.75) is 59.2 Å². The van der Waals surface area contributed by atoms with Crippen LogP contribution in [0.15, 0.2) is 70.9 Å². The average molecular weight is 292 g/mol. The summed E-state index contributed by atoms with van der Waals surface area (Å²) in [4.78, 5) is 0. The van der Waals surface area contributed by atoms with Gasteiger partial charge in [0, 0.05) is 0 Å². The highest BCUT2D eigenvalue weighted by molar-refractivity contribution is 6.13. The largest absolute Gasteiger partial charge is 0.0985 e. The molecule has 0 saturated heterocycles. The Labute approximate surface area is 138 Å². The van der Waals surface area contributed by atoms with E-state index in [1.807, 2.05) is 19.9 Å². The maximum atomic E-state index is 6.00. The normalized spacial score (nSPS) is 18.6. The molecule has 0 bridgehead atoms. The Morgan fingerprint density at radius 1 is 1.45 bits per heavy atom. The molecular formula is C21H29B. The van der Waals surface area contributed by atoms with Crippen LogP contribution in [0.1, 0.15) is 53.4 Å². The zero-order valence-electron chi connectivity index (χ0n) is 14.7. The van der Waals surface area contributed by atoms with Crippen molar-refractivity contribution in [2.75, 3.05) is 0 Å². The van der Waals surface area contributed by atoms with E-state index in [1.54, 1.807) is 0 Å². The van der Waals surface area contributed by atoms with Gasteiger partial charge in [-0.2, -0.15) is 0 Å². The van der Waals surface area contributed by atoms with E-state index < -0.39 is 0 Å². The van der Waals surface area contributed by atoms with Crippen molar-refractivity contribution in [2.24, 2.45) is 0 Å². The number of allylic oxidation sites excluding steroid dienone is 11. The lowest BCUT2D eigenvalue weighted by Gasteiger charge is -2.20. The monoisotopic (exact) mass is 292 g/mol. The van der Waals surface area contributed by atoms with Crippen molar-refractivity contribution in [1.29, 1.82) is 0 Å². The van der Waals surface area contributed by atoms with Crippen LogP contribution in [-0.2, 0) is 0 Å². The van der Waals surface area contributed by atoms with E-state index in [4.69, 9.17) is 7.85 Å². The zero-order chi connectivity index (χ0) is 16.5. The van der Waals surface area contributed by atoms with Crippen LogP contribution in [0, 0.1) is 0 Å². The molecule has 22 heavy (non-hydrogen) atoms. The molecule has 0 fully saturated rings. The Balaban J connectivity index is 3.17. The van der Waals surface area contributed by atoms with Crippen LogP contribution in [0.25, 0.3) is 0 Å². The van der Waals surface area contributed by atoms with Gasteiger partial charge in [0.05, 0.1) is 7.85 Å². The van der Waals surface area contributed by atoms with Gasteiger partial charge < -0.3 is 0 Å². The molecule has 1 aliphatic rings. The van der Waals surface area contributed by atoms with E-state index >= 15 is 0 Å². The van der Waals surface area contributed by atoms with Gasteiger partial charge in [0.25, 0.3) is 0 Å². The van der Waals surface area contributed by atoms with Gasteiger partial charge in [-0.3, -0.25) is 0 Å². The number of rotatable bonds is 7. The second-order valence-electron chi connectivity index (χ2n) is 5.96. The van der Waals surface area contributed by atoms with Crippen molar-refractivity contribution >= 4 is 7.85 Å². The van der Waals surface area contributed by atoms with Crippen LogP contribution in [0.3, 0.4) is 0 Å². The van der Waals surface area contributed by atoms with Crippen LogP contribution < -0.4 is 0 Å². The van der Waals surface area contributed by atoms with Gasteiger partial charge in [-0.05, 0) is 55.4 Å². The van der Waals surface area contributed by atoms with Gasteiger partial charge in [0.2, 0.25) is 0 Å². The third kappa shape index (κ3) is 5.37. The fraction of sp³-hybridized carbons (Fsp3) is 0.429. The standard InChI is InChI=1S/C21H29B/c1-6-10-21-19(14-13-18(7-2)8-3)11-9-12-20(21)15-16(4)17(5)22/h7-8,12-15,17H,2,6,9-11H2,1,3-5H3/b14-13?,16-15+,18-8+. The molecule has 0 saturated carbocycles. The van der Waals surface area contributed by atoms with Crippen molar-refractivity contribution in [3.8, 4) is 0 Å². The van der Waals surface area contributed by atoms with Gasteiger partial charge in [-0.25, -0.2) is 0 Å². The first kappa shape index (κ1) is 18.6. The predicted molar refractivity (Wildman–Crippen MR) is 101 cm³/mol. The summed E-state index contributed by atoms with van der Waals surface area (Å²) < 4.78 is 0. The van der Waals surface area contributed by atoms with E-state index in [2.05, 4.69) is 50.8 Å². The Hall–Kier alpha value is -1.50. The lowest BCUT2D eigenvalue weighted by atomic mass is 9.80. The van der Waals surface area contributed by atoms with Gasteiger partial charge in [0.15, 0.2) is 0 Å². The topological polar surface area (TPSA) is 0 Å². The summed E-state index contributed by atoms with van der Waals surface area (Å²) in [6.45, 7) is 12.3. The summed E-state index contributed by atoms with van der Waals surface area (Å²) in [5.74, 6) is 0.111. The molecule has 1 atom stereocenters. The summed E-state index contributed by atoms with van der Waals surface area (Å²) >= 11 is 0. The molecule has 1 heteroatoms. The van der Waals surface area contributed by atoms with E-state index in [-0.39, 0.29) is 5.82 Å². The lowest BCUT2D eigenvalue weighted by molar-refractivity contribution is 0.858. The summed E-state index contributed by atoms with van der Waals surface area (Å²) in [6.07, 6.45) is 17.6. The third-order valence-corrected chi connectivity index (χ3v) is 4.16. The second kappa shape index (κ2) is 9.51. The molecule has 0 amide bonds. The van der Waals surface area contributed by atoms with Gasteiger partial charge in [-0.15, -0.1) is 0 Å². The fourth-order valence-corrected chi connectivity index (χ4v) is 2.58. The lowest BCUT2D eigenvalue weighted by Crippen LogP contribution is -2.01. The molecule has 1 unspecified atom stereocenters. The Bertz CT molecular complexity index is 536. The molecule has 0 nitrogen and oxygen atoms in total. The Kier molecular flexibility index (Phi) is 8.02. The smallest absolute Gasteiger partial charge is 0.0755 e. The van der Waals surface area contributed by atoms with Crippen LogP contribution in [-0.4, -0.2) is 7.85 Å². The average Bonchev–Trinajstić information content (AvgIpc) is 2.50. The summed E-state index contributed by atoms with van der Waals surface area (Å²) in [6, 6.07) is 0. The van der Waals surface area contributed by atoms with Crippen LogP contribution >= 0.6 is 0 Å². The molecule has 0 aliphatic heterocycles. The third-order valence-electron chi connectivity index (χ3n) is 4.16. The van der Waals surface area contributed by atoms with Crippen molar-refractivity contribution in [1.82, 2.24) is 0 Å². The Morgan fingerprint density at radius 2 is 2.18 bits per heavy atom. The van der Waals surface area contributed by atoms with Crippen molar-refractivity contribution < 1.29 is 0 Å². The maximum absolute atomic E-state index is 6.00. The minimum atomic E-state index is 0.111. The molecule has 116 valence electrons. The van der Waals surface area contributed by atoms with Crippen LogP contribution in [0.4, 0.5) is 0 Å². The van der Waals surface area contributed by atoms with E-state index in [1.165, 1.54) is 27.9 Å². The number of hydrogen-bond acceptors (Lipinski definition) is 0. The molecule has 0 aromatic rings. The number of hydrogen-bond donors (Lipinski definition) is 0. The van der Waals surface area contributed by atoms with Crippen molar-refractivity contribution in [3.63, 3.8) is 0 Å². The second-order valence-corrected chi connectivity index (χ2v) is 5.96. The molecule has 1 rings (SSSR count). The highest BCUT2D eigenvalue weighted by atomic mass is 14.2. The minimum absolute atomic E-state index is 0.111. The van der Waals surface area contributed by atoms with E-state index in [0.717, 1.165) is 25.7 Å². The molecule has 0 N–H and O–H groups in total. The quantitative estimate of drug-likeness (QED) is 0.375. The van der Waals surface area contributed by atoms with Crippen molar-refractivity contribution in [3.05, 3.63) is 70.9 Å².